The van der Waals surface area contributed by atoms with Gasteiger partial charge in [0.2, 0.25) is 5.91 Å². The first kappa shape index (κ1) is 31.9. The van der Waals surface area contributed by atoms with Crippen LogP contribution < -0.4 is 61.4 Å². The first-order valence-electron chi connectivity index (χ1n) is 15.4. The van der Waals surface area contributed by atoms with E-state index in [1.165, 1.54) is 0 Å². The molecular formula is C35H35KN2O5S. The summed E-state index contributed by atoms with van der Waals surface area (Å²) in [6.07, 6.45) is 5.57. The predicted octanol–water partition coefficient (Wildman–Crippen LogP) is 3.06. The van der Waals surface area contributed by atoms with Crippen LogP contribution in [0.1, 0.15) is 78.3 Å². The topological polar surface area (TPSA) is 103 Å². The summed E-state index contributed by atoms with van der Waals surface area (Å²) in [5.41, 5.74) is 4.61. The molecule has 1 aliphatic heterocycles. The predicted molar refractivity (Wildman–Crippen MR) is 166 cm³/mol. The number of anilines is 1. The first-order valence-corrected chi connectivity index (χ1v) is 16.2. The number of ketones is 1. The van der Waals surface area contributed by atoms with Gasteiger partial charge in [-0.15, -0.1) is 11.3 Å². The number of rotatable bonds is 5. The number of benzene rings is 2. The molecule has 7 rings (SSSR count). The molecule has 3 heterocycles. The van der Waals surface area contributed by atoms with Crippen LogP contribution in [0.25, 0.3) is 32.6 Å². The van der Waals surface area contributed by atoms with Gasteiger partial charge < -0.3 is 24.5 Å². The second kappa shape index (κ2) is 12.9. The fraction of sp³-hybridized carbons (Fsp3) is 0.400. The molecule has 2 aliphatic carbocycles. The van der Waals surface area contributed by atoms with Crippen LogP contribution in [0.5, 0.6) is 0 Å². The van der Waals surface area contributed by atoms with Crippen molar-refractivity contribution in [2.45, 2.75) is 77.0 Å². The van der Waals surface area contributed by atoms with Gasteiger partial charge in [-0.05, 0) is 87.1 Å². The number of thiophene rings is 1. The minimum atomic E-state index is -1.31. The number of Topliss-reactive ketones (excluding diaryl/α,β-unsaturated/α-hetero) is 1. The molecule has 0 atom stereocenters. The Hall–Kier alpha value is -2.11. The zero-order chi connectivity index (χ0) is 29.8. The summed E-state index contributed by atoms with van der Waals surface area (Å²) in [6.45, 7) is 2.46. The van der Waals surface area contributed by atoms with Gasteiger partial charge in [-0.25, -0.2) is 0 Å². The molecule has 7 nitrogen and oxygen atoms in total. The molecule has 2 saturated carbocycles. The molecule has 1 amide bonds. The molecule has 0 saturated heterocycles. The minimum absolute atomic E-state index is 0. The van der Waals surface area contributed by atoms with Crippen LogP contribution in [0, 0.1) is 11.8 Å². The van der Waals surface area contributed by atoms with Crippen molar-refractivity contribution in [1.82, 2.24) is 4.57 Å². The molecule has 3 aliphatic rings. The molecule has 0 unspecified atom stereocenters. The van der Waals surface area contributed by atoms with Gasteiger partial charge in [0.05, 0.1) is 34.9 Å². The standard InChI is InChI=1S/C35H36N2O5S.K/c1-20-6-8-21(9-7-20)34(40)37(24-11-13-25(38)14-12-24)30-18-32(43-33(30)35(41)42)23-10-15-26-27(16-23)31(39)19-36-28-5-3-2-4-22(28)17-29(26)36;/h2-5,10,15-18,20-21,24-25,38H,6-9,11-14,19H2,1H3,(H,41,42);/q;+1/p-1. The van der Waals surface area contributed by atoms with E-state index in [4.69, 9.17) is 0 Å². The molecule has 0 spiro atoms. The van der Waals surface area contributed by atoms with E-state index in [9.17, 15) is 24.6 Å². The van der Waals surface area contributed by atoms with E-state index in [1.807, 2.05) is 47.0 Å². The molecule has 9 heteroatoms. The van der Waals surface area contributed by atoms with Crippen LogP contribution in [0.4, 0.5) is 5.69 Å². The summed E-state index contributed by atoms with van der Waals surface area (Å²) < 4.78 is 2.05. The van der Waals surface area contributed by atoms with Crippen molar-refractivity contribution in [3.8, 4) is 21.7 Å². The summed E-state index contributed by atoms with van der Waals surface area (Å²) in [4.78, 5) is 42.5. The average molecular weight is 635 g/mol. The van der Waals surface area contributed by atoms with Crippen molar-refractivity contribution in [1.29, 1.82) is 0 Å². The number of hydrogen-bond donors (Lipinski definition) is 1. The second-order valence-electron chi connectivity index (χ2n) is 12.6. The van der Waals surface area contributed by atoms with E-state index >= 15 is 0 Å². The van der Waals surface area contributed by atoms with E-state index in [1.54, 1.807) is 11.0 Å². The summed E-state index contributed by atoms with van der Waals surface area (Å²) in [7, 11) is 0. The SMILES string of the molecule is CC1CCC(C(=O)N(c2cc(-c3ccc4c(c3)C(=O)Cn3c-4cc4ccccc43)sc2C(=O)[O-])C2CCC(O)CC2)CC1.[K+]. The van der Waals surface area contributed by atoms with Crippen molar-refractivity contribution in [3.63, 3.8) is 0 Å². The molecule has 44 heavy (non-hydrogen) atoms. The van der Waals surface area contributed by atoms with Crippen LogP contribution in [0.3, 0.4) is 0 Å². The number of fused-ring (bicyclic) bond motifs is 5. The molecule has 1 N–H and O–H groups in total. The third kappa shape index (κ3) is 5.81. The maximum Gasteiger partial charge on any atom is 1.00 e. The number of carbonyl (C=O) groups is 3. The smallest absolute Gasteiger partial charge is 0.544 e. The molecule has 4 aromatic rings. The van der Waals surface area contributed by atoms with Crippen LogP contribution in [0.15, 0.2) is 54.6 Å². The Balaban J connectivity index is 0.00000343. The maximum atomic E-state index is 14.1. The van der Waals surface area contributed by atoms with E-state index in [2.05, 4.69) is 13.0 Å². The third-order valence-electron chi connectivity index (χ3n) is 9.78. The van der Waals surface area contributed by atoms with Gasteiger partial charge in [0.25, 0.3) is 0 Å². The second-order valence-corrected chi connectivity index (χ2v) is 13.7. The monoisotopic (exact) mass is 634 g/mol. The van der Waals surface area contributed by atoms with Gasteiger partial charge in [-0.3, -0.25) is 9.59 Å². The number of carbonyl (C=O) groups excluding carboxylic acids is 3. The fourth-order valence-corrected chi connectivity index (χ4v) is 8.33. The van der Waals surface area contributed by atoms with E-state index in [0.717, 1.165) is 64.7 Å². The number of nitrogens with zero attached hydrogens (tertiary/aromatic N) is 2. The Kier molecular flexibility index (Phi) is 9.37. The number of aliphatic hydroxyl groups excluding tert-OH is 1. The number of para-hydroxylation sites is 1. The molecule has 0 radical (unpaired) electrons. The summed E-state index contributed by atoms with van der Waals surface area (Å²) in [5.74, 6) is -0.882. The van der Waals surface area contributed by atoms with Crippen molar-refractivity contribution in [3.05, 3.63) is 65.0 Å². The Morgan fingerprint density at radius 1 is 0.932 bits per heavy atom. The van der Waals surface area contributed by atoms with Crippen LogP contribution >= 0.6 is 11.3 Å². The Labute approximate surface area is 303 Å². The molecule has 222 valence electrons. The van der Waals surface area contributed by atoms with E-state index in [-0.39, 0.29) is 86.5 Å². The summed E-state index contributed by atoms with van der Waals surface area (Å²) in [6, 6.07) is 17.5. The molecule has 0 bridgehead atoms. The van der Waals surface area contributed by atoms with Crippen molar-refractivity contribution in [2.75, 3.05) is 4.90 Å². The van der Waals surface area contributed by atoms with E-state index in [0.29, 0.717) is 47.7 Å². The Morgan fingerprint density at radius 3 is 2.39 bits per heavy atom. The number of carboxylic acids is 1. The minimum Gasteiger partial charge on any atom is -0.544 e. The quantitative estimate of drug-likeness (QED) is 0.340. The number of carboxylic acid groups (broad SMARTS) is 1. The number of hydrogen-bond acceptors (Lipinski definition) is 6. The first-order chi connectivity index (χ1) is 20.8. The average Bonchev–Trinajstić information content (AvgIpc) is 3.61. The van der Waals surface area contributed by atoms with Gasteiger partial charge in [-0.1, -0.05) is 37.3 Å². The van der Waals surface area contributed by atoms with Gasteiger partial charge in [0, 0.05) is 38.9 Å². The van der Waals surface area contributed by atoms with Gasteiger partial charge in [0.1, 0.15) is 0 Å². The Bertz CT molecular complexity index is 1740. The number of aliphatic hydroxyl groups is 1. The Morgan fingerprint density at radius 2 is 1.66 bits per heavy atom. The van der Waals surface area contributed by atoms with Crippen molar-refractivity contribution < 1.29 is 76.0 Å². The van der Waals surface area contributed by atoms with Crippen LogP contribution in [0.2, 0.25) is 0 Å². The number of aromatic carboxylic acids is 1. The van der Waals surface area contributed by atoms with E-state index < -0.39 is 12.1 Å². The zero-order valence-electron chi connectivity index (χ0n) is 25.3. The summed E-state index contributed by atoms with van der Waals surface area (Å²) >= 11 is 1.10. The summed E-state index contributed by atoms with van der Waals surface area (Å²) in [5, 5.41) is 23.8. The fourth-order valence-electron chi connectivity index (χ4n) is 7.35. The number of amides is 1. The molecule has 2 aromatic carbocycles. The molecule has 2 aromatic heterocycles. The number of aromatic nitrogens is 1. The molecule has 2 fully saturated rings. The third-order valence-corrected chi connectivity index (χ3v) is 10.9. The van der Waals surface area contributed by atoms with Crippen LogP contribution in [-0.4, -0.2) is 39.5 Å². The van der Waals surface area contributed by atoms with Crippen LogP contribution in [-0.2, 0) is 11.3 Å². The zero-order valence-corrected chi connectivity index (χ0v) is 29.2. The van der Waals surface area contributed by atoms with Gasteiger partial charge in [-0.2, -0.15) is 0 Å². The van der Waals surface area contributed by atoms with Crippen molar-refractivity contribution >= 4 is 45.6 Å². The van der Waals surface area contributed by atoms with Crippen molar-refractivity contribution in [2.24, 2.45) is 11.8 Å². The maximum absolute atomic E-state index is 14.1. The molecular weight excluding hydrogens is 600 g/mol. The normalized spacial score (nSPS) is 23.0. The largest absolute Gasteiger partial charge is 1.00 e. The van der Waals surface area contributed by atoms with Gasteiger partial charge in [0.15, 0.2) is 5.78 Å². The van der Waals surface area contributed by atoms with Gasteiger partial charge >= 0.3 is 51.4 Å².